The van der Waals surface area contributed by atoms with Crippen LogP contribution in [-0.4, -0.2) is 32.9 Å². The van der Waals surface area contributed by atoms with Crippen LogP contribution in [0.5, 0.6) is 0 Å². The van der Waals surface area contributed by atoms with Crippen LogP contribution in [0.15, 0.2) is 67.0 Å². The van der Waals surface area contributed by atoms with Crippen molar-refractivity contribution < 1.29 is 9.18 Å². The summed E-state index contributed by atoms with van der Waals surface area (Å²) in [6.07, 6.45) is 6.91. The number of amides is 1. The van der Waals surface area contributed by atoms with Gasteiger partial charge in [0.25, 0.3) is 0 Å². The van der Waals surface area contributed by atoms with Crippen molar-refractivity contribution in [3.63, 3.8) is 0 Å². The fourth-order valence-electron chi connectivity index (χ4n) is 4.46. The number of likely N-dealkylation sites (tertiary alicyclic amines) is 1. The first-order valence-corrected chi connectivity index (χ1v) is 10.9. The zero-order valence-corrected chi connectivity index (χ0v) is 18.0. The molecule has 1 aliphatic rings. The van der Waals surface area contributed by atoms with Crippen LogP contribution >= 0.6 is 0 Å². The lowest BCUT2D eigenvalue weighted by atomic mass is 9.96. The van der Waals surface area contributed by atoms with Gasteiger partial charge in [0.15, 0.2) is 0 Å². The molecule has 5 nitrogen and oxygen atoms in total. The number of imidazole rings is 1. The van der Waals surface area contributed by atoms with E-state index in [1.165, 1.54) is 18.6 Å². The highest BCUT2D eigenvalue weighted by Crippen LogP contribution is 2.30. The Morgan fingerprint density at radius 1 is 1.10 bits per heavy atom. The highest BCUT2D eigenvalue weighted by Gasteiger charge is 2.34. The van der Waals surface area contributed by atoms with E-state index in [0.29, 0.717) is 11.9 Å². The van der Waals surface area contributed by atoms with Crippen molar-refractivity contribution in [1.29, 1.82) is 0 Å². The van der Waals surface area contributed by atoms with Crippen LogP contribution in [0, 0.1) is 5.82 Å². The van der Waals surface area contributed by atoms with E-state index in [1.54, 1.807) is 18.3 Å². The molecule has 0 spiro atoms. The van der Waals surface area contributed by atoms with Crippen molar-refractivity contribution >= 4 is 5.91 Å². The van der Waals surface area contributed by atoms with Crippen molar-refractivity contribution in [3.8, 4) is 0 Å². The van der Waals surface area contributed by atoms with Gasteiger partial charge in [-0.2, -0.15) is 0 Å². The molecule has 1 N–H and O–H groups in total. The standard InChI is InChI=1S/C25H29FN4O/c1-18-8-6-7-16-30(18)23(20-9-4-3-5-10-20)25(31)28-22(24-27-15-17-29(24)2)19-11-13-21(26)14-12-19/h3-5,9-15,17-18,22-23H,6-8,16H2,1-2H3,(H,28,31)/t18-,22-,23+/m1/s1. The predicted molar refractivity (Wildman–Crippen MR) is 119 cm³/mol. The number of hydrogen-bond acceptors (Lipinski definition) is 3. The van der Waals surface area contributed by atoms with Crippen molar-refractivity contribution in [3.05, 3.63) is 89.8 Å². The number of aryl methyl sites for hydroxylation is 1. The van der Waals surface area contributed by atoms with Crippen molar-refractivity contribution in [2.75, 3.05) is 6.54 Å². The molecule has 0 aliphatic carbocycles. The minimum atomic E-state index is -0.473. The Hall–Kier alpha value is -2.99. The summed E-state index contributed by atoms with van der Waals surface area (Å²) in [4.78, 5) is 20.6. The van der Waals surface area contributed by atoms with Crippen LogP contribution in [0.25, 0.3) is 0 Å². The van der Waals surface area contributed by atoms with Gasteiger partial charge in [0.1, 0.15) is 23.7 Å². The first-order chi connectivity index (χ1) is 15.0. The molecule has 0 bridgehead atoms. The summed E-state index contributed by atoms with van der Waals surface area (Å²) in [6, 6.07) is 15.6. The molecule has 0 unspecified atom stereocenters. The summed E-state index contributed by atoms with van der Waals surface area (Å²) in [5, 5.41) is 3.23. The molecule has 1 saturated heterocycles. The zero-order chi connectivity index (χ0) is 21.8. The second-order valence-electron chi connectivity index (χ2n) is 8.29. The maximum absolute atomic E-state index is 13.8. The Morgan fingerprint density at radius 2 is 1.84 bits per heavy atom. The predicted octanol–water partition coefficient (Wildman–Crippen LogP) is 4.38. The smallest absolute Gasteiger partial charge is 0.242 e. The molecule has 162 valence electrons. The summed E-state index contributed by atoms with van der Waals surface area (Å²) in [7, 11) is 1.90. The van der Waals surface area contributed by atoms with Crippen LogP contribution in [0.4, 0.5) is 4.39 Å². The van der Waals surface area contributed by atoms with Gasteiger partial charge in [0, 0.05) is 25.5 Å². The lowest BCUT2D eigenvalue weighted by molar-refractivity contribution is -0.128. The molecule has 1 amide bonds. The maximum atomic E-state index is 13.8. The normalized spacial score (nSPS) is 19.0. The Bertz CT molecular complexity index is 1000. The second kappa shape index (κ2) is 9.43. The first-order valence-electron chi connectivity index (χ1n) is 10.9. The molecule has 2 aromatic carbocycles. The van der Waals surface area contributed by atoms with Gasteiger partial charge in [-0.25, -0.2) is 9.37 Å². The third-order valence-corrected chi connectivity index (χ3v) is 6.16. The van der Waals surface area contributed by atoms with Gasteiger partial charge in [0.2, 0.25) is 5.91 Å². The van der Waals surface area contributed by atoms with E-state index in [1.807, 2.05) is 48.1 Å². The second-order valence-corrected chi connectivity index (χ2v) is 8.29. The van der Waals surface area contributed by atoms with E-state index in [-0.39, 0.29) is 17.8 Å². The summed E-state index contributed by atoms with van der Waals surface area (Å²) in [6.45, 7) is 3.08. The average molecular weight is 421 g/mol. The fourth-order valence-corrected chi connectivity index (χ4v) is 4.46. The van der Waals surface area contributed by atoms with Gasteiger partial charge in [0.05, 0.1) is 0 Å². The van der Waals surface area contributed by atoms with Gasteiger partial charge >= 0.3 is 0 Å². The van der Waals surface area contributed by atoms with Gasteiger partial charge in [-0.1, -0.05) is 48.9 Å². The van der Waals surface area contributed by atoms with Gasteiger partial charge in [-0.05, 0) is 49.6 Å². The Labute approximate surface area is 182 Å². The largest absolute Gasteiger partial charge is 0.340 e. The number of nitrogens with zero attached hydrogens (tertiary/aromatic N) is 3. The Balaban J connectivity index is 1.69. The molecule has 0 radical (unpaired) electrons. The lowest BCUT2D eigenvalue weighted by Gasteiger charge is -2.39. The summed E-state index contributed by atoms with van der Waals surface area (Å²) in [5.41, 5.74) is 1.77. The van der Waals surface area contributed by atoms with Crippen LogP contribution in [0.2, 0.25) is 0 Å². The van der Waals surface area contributed by atoms with E-state index in [9.17, 15) is 9.18 Å². The summed E-state index contributed by atoms with van der Waals surface area (Å²) < 4.78 is 15.4. The van der Waals surface area contributed by atoms with Crippen LogP contribution in [0.3, 0.4) is 0 Å². The molecule has 1 fully saturated rings. The minimum absolute atomic E-state index is 0.0720. The lowest BCUT2D eigenvalue weighted by Crippen LogP contribution is -2.47. The molecule has 6 heteroatoms. The Kier molecular flexibility index (Phi) is 6.47. The van der Waals surface area contributed by atoms with Gasteiger partial charge in [-0.15, -0.1) is 0 Å². The molecule has 3 aromatic rings. The van der Waals surface area contributed by atoms with E-state index < -0.39 is 6.04 Å². The molecule has 4 rings (SSSR count). The molecular weight excluding hydrogens is 391 g/mol. The quantitative estimate of drug-likeness (QED) is 0.644. The SMILES string of the molecule is C[C@@H]1CCCCN1[C@H](C(=O)N[C@H](c1ccc(F)cc1)c1nccn1C)c1ccccc1. The third kappa shape index (κ3) is 4.69. The molecule has 31 heavy (non-hydrogen) atoms. The Morgan fingerprint density at radius 3 is 2.48 bits per heavy atom. The molecule has 1 aromatic heterocycles. The average Bonchev–Trinajstić information content (AvgIpc) is 3.21. The van der Waals surface area contributed by atoms with Crippen molar-refractivity contribution in [2.45, 2.75) is 44.3 Å². The third-order valence-electron chi connectivity index (χ3n) is 6.16. The minimum Gasteiger partial charge on any atom is -0.340 e. The molecule has 2 heterocycles. The van der Waals surface area contributed by atoms with Crippen LogP contribution in [0.1, 0.15) is 55.2 Å². The summed E-state index contributed by atoms with van der Waals surface area (Å²) in [5.74, 6) is 0.328. The van der Waals surface area contributed by atoms with Crippen LogP contribution < -0.4 is 5.32 Å². The number of benzene rings is 2. The van der Waals surface area contributed by atoms with Gasteiger partial charge < -0.3 is 9.88 Å². The number of rotatable bonds is 6. The molecular formula is C25H29FN4O. The maximum Gasteiger partial charge on any atom is 0.242 e. The number of piperidine rings is 1. The number of aromatic nitrogens is 2. The number of halogens is 1. The van der Waals surface area contributed by atoms with E-state index in [0.717, 1.165) is 30.5 Å². The van der Waals surface area contributed by atoms with Crippen molar-refractivity contribution in [1.82, 2.24) is 19.8 Å². The topological polar surface area (TPSA) is 50.2 Å². The number of carbonyl (C=O) groups is 1. The van der Waals surface area contributed by atoms with Crippen molar-refractivity contribution in [2.24, 2.45) is 7.05 Å². The molecule has 1 aliphatic heterocycles. The highest BCUT2D eigenvalue weighted by atomic mass is 19.1. The molecule has 3 atom stereocenters. The van der Waals surface area contributed by atoms with E-state index in [2.05, 4.69) is 22.1 Å². The monoisotopic (exact) mass is 420 g/mol. The van der Waals surface area contributed by atoms with Gasteiger partial charge in [-0.3, -0.25) is 9.69 Å². The highest BCUT2D eigenvalue weighted by molar-refractivity contribution is 5.84. The number of nitrogens with one attached hydrogen (secondary N) is 1. The first kappa shape index (κ1) is 21.2. The number of carbonyl (C=O) groups excluding carboxylic acids is 1. The zero-order valence-electron chi connectivity index (χ0n) is 18.0. The van der Waals surface area contributed by atoms with Crippen LogP contribution in [-0.2, 0) is 11.8 Å². The molecule has 0 saturated carbocycles. The van der Waals surface area contributed by atoms with E-state index in [4.69, 9.17) is 0 Å². The summed E-state index contributed by atoms with van der Waals surface area (Å²) >= 11 is 0. The number of hydrogen-bond donors (Lipinski definition) is 1. The fraction of sp³-hybridized carbons (Fsp3) is 0.360. The van der Waals surface area contributed by atoms with E-state index >= 15 is 0 Å².